The maximum atomic E-state index is 11.4. The van der Waals surface area contributed by atoms with Gasteiger partial charge in [0.2, 0.25) is 6.29 Å². The highest BCUT2D eigenvalue weighted by Crippen LogP contribution is 2.26. The molecule has 0 aromatic heterocycles. The molecule has 2 fully saturated rings. The Morgan fingerprint density at radius 1 is 1.08 bits per heavy atom. The molecule has 0 aliphatic carbocycles. The van der Waals surface area contributed by atoms with Crippen LogP contribution in [0.15, 0.2) is 42.5 Å². The van der Waals surface area contributed by atoms with Gasteiger partial charge in [0.05, 0.1) is 18.2 Å². The number of fused-ring (bicyclic) bond motifs is 8. The third-order valence-corrected chi connectivity index (χ3v) is 8.31. The summed E-state index contributed by atoms with van der Waals surface area (Å²) in [6, 6.07) is 12.7. The molecular weight excluding hydrogens is 534 g/mol. The Hall–Kier alpha value is -2.68. The number of nitrogens with one attached hydrogen (secondary N) is 2. The summed E-state index contributed by atoms with van der Waals surface area (Å²) in [7, 11) is -0.0820. The molecule has 6 aliphatic heterocycles. The van der Waals surface area contributed by atoms with Gasteiger partial charge in [0.15, 0.2) is 0 Å². The fraction of sp³-hybridized carbons (Fsp3) is 0.440. The fourth-order valence-electron chi connectivity index (χ4n) is 4.29. The quantitative estimate of drug-likeness (QED) is 0.374. The van der Waals surface area contributed by atoms with Gasteiger partial charge in [-0.2, -0.15) is 25.4 Å². The molecule has 0 amide bonds. The van der Waals surface area contributed by atoms with Crippen LogP contribution in [0.1, 0.15) is 44.6 Å². The van der Waals surface area contributed by atoms with Crippen LogP contribution in [0.4, 0.5) is 0 Å². The van der Waals surface area contributed by atoms with E-state index >= 15 is 0 Å². The van der Waals surface area contributed by atoms with E-state index in [9.17, 15) is 18.0 Å². The molecule has 0 radical (unpaired) electrons. The Morgan fingerprint density at radius 3 is 2.42 bits per heavy atom. The van der Waals surface area contributed by atoms with Crippen LogP contribution >= 0.6 is 12.6 Å². The second-order valence-electron chi connectivity index (χ2n) is 8.95. The molecule has 2 aromatic carbocycles. The van der Waals surface area contributed by atoms with Crippen molar-refractivity contribution in [3.63, 3.8) is 0 Å². The molecule has 2 N–H and O–H groups in total. The summed E-state index contributed by atoms with van der Waals surface area (Å²) in [4.78, 5) is 22.3. The van der Waals surface area contributed by atoms with Crippen LogP contribution in [-0.2, 0) is 31.0 Å². The minimum atomic E-state index is -3.17. The summed E-state index contributed by atoms with van der Waals surface area (Å²) in [5.74, 6) is 0.105. The Balaban J connectivity index is 0.000000133. The summed E-state index contributed by atoms with van der Waals surface area (Å²) in [5, 5.41) is 3.62. The summed E-state index contributed by atoms with van der Waals surface area (Å²) in [6.07, 6.45) is 0.389. The minimum Gasteiger partial charge on any atom is -0.496 e. The summed E-state index contributed by atoms with van der Waals surface area (Å²) in [5.41, 5.74) is 2.89. The Bertz CT molecular complexity index is 1260. The van der Waals surface area contributed by atoms with Crippen LogP contribution < -0.4 is 14.8 Å². The van der Waals surface area contributed by atoms with Crippen LogP contribution in [0.5, 0.6) is 5.75 Å². The van der Waals surface area contributed by atoms with E-state index in [1.165, 1.54) is 11.4 Å². The molecule has 3 atom stereocenters. The predicted octanol–water partition coefficient (Wildman–Crippen LogP) is 1.66. The molecule has 38 heavy (non-hydrogen) atoms. The number of thiol groups is 1. The number of ether oxygens (including phenoxy) is 4. The maximum absolute atomic E-state index is 11.4. The first kappa shape index (κ1) is 28.3. The summed E-state index contributed by atoms with van der Waals surface area (Å²) >= 11 is 4.35. The molecule has 6 heterocycles. The van der Waals surface area contributed by atoms with E-state index in [-0.39, 0.29) is 18.0 Å². The van der Waals surface area contributed by atoms with E-state index in [1.807, 2.05) is 18.2 Å². The van der Waals surface area contributed by atoms with Gasteiger partial charge in [-0.3, -0.25) is 0 Å². The van der Waals surface area contributed by atoms with Crippen molar-refractivity contribution in [2.75, 3.05) is 40.4 Å². The fourth-order valence-corrected chi connectivity index (χ4v) is 5.89. The number of carbonyl (C=O) groups excluding carboxylic acids is 2. The average Bonchev–Trinajstić information content (AvgIpc) is 3.25. The smallest absolute Gasteiger partial charge is 0.340 e. The van der Waals surface area contributed by atoms with Crippen LogP contribution in [0.2, 0.25) is 0 Å². The van der Waals surface area contributed by atoms with E-state index in [2.05, 4.69) is 22.7 Å². The highest BCUT2D eigenvalue weighted by Gasteiger charge is 2.32. The molecule has 0 saturated carbocycles. The van der Waals surface area contributed by atoms with E-state index in [1.54, 1.807) is 31.4 Å². The van der Waals surface area contributed by atoms with Crippen molar-refractivity contribution in [1.29, 1.82) is 0 Å². The van der Waals surface area contributed by atoms with Gasteiger partial charge in [0.25, 0.3) is 10.2 Å². The number of esters is 2. The number of hydrogen-bond acceptors (Lipinski definition) is 10. The SMILES string of the molecule is COC1OC(=O)c2ccc1cc2.COc1cc2ccc1COC2=O.O=S1(=O)NCCN1CC1CC(S)CN1. The zero-order valence-electron chi connectivity index (χ0n) is 21.1. The van der Waals surface area contributed by atoms with Crippen molar-refractivity contribution in [2.24, 2.45) is 0 Å². The molecule has 4 bridgehead atoms. The third-order valence-electron chi connectivity index (χ3n) is 6.34. The number of rotatable bonds is 4. The largest absolute Gasteiger partial charge is 0.496 e. The molecule has 8 rings (SSSR count). The number of benzene rings is 2. The molecule has 11 nitrogen and oxygen atoms in total. The van der Waals surface area contributed by atoms with Gasteiger partial charge in [-0.15, -0.1) is 0 Å². The summed E-state index contributed by atoms with van der Waals surface area (Å²) in [6.45, 7) is 2.84. The lowest BCUT2D eigenvalue weighted by molar-refractivity contribution is -0.0913. The lowest BCUT2D eigenvalue weighted by Crippen LogP contribution is -2.39. The van der Waals surface area contributed by atoms with Gasteiger partial charge >= 0.3 is 11.9 Å². The first-order chi connectivity index (χ1) is 18.2. The van der Waals surface area contributed by atoms with E-state index < -0.39 is 16.5 Å². The number of nitrogens with zero attached hydrogens (tertiary/aromatic N) is 1. The topological polar surface area (TPSA) is 132 Å². The number of methoxy groups -OCH3 is 2. The lowest BCUT2D eigenvalue weighted by Gasteiger charge is -2.18. The first-order valence-corrected chi connectivity index (χ1v) is 14.0. The average molecular weight is 566 g/mol. The van der Waals surface area contributed by atoms with Crippen molar-refractivity contribution in [3.05, 3.63) is 64.7 Å². The van der Waals surface area contributed by atoms with E-state index in [0.717, 1.165) is 29.8 Å². The van der Waals surface area contributed by atoms with Crippen molar-refractivity contribution in [1.82, 2.24) is 14.3 Å². The van der Waals surface area contributed by atoms with Gasteiger partial charge in [-0.1, -0.05) is 18.2 Å². The Kier molecular flexibility index (Phi) is 9.28. The second-order valence-corrected chi connectivity index (χ2v) is 11.4. The van der Waals surface area contributed by atoms with E-state index in [4.69, 9.17) is 18.9 Å². The monoisotopic (exact) mass is 565 g/mol. The van der Waals surface area contributed by atoms with Crippen LogP contribution in [-0.4, -0.2) is 76.4 Å². The number of hydrogen-bond donors (Lipinski definition) is 3. The highest BCUT2D eigenvalue weighted by atomic mass is 32.2. The van der Waals surface area contributed by atoms with Gasteiger partial charge < -0.3 is 24.3 Å². The molecule has 6 aliphatic rings. The van der Waals surface area contributed by atoms with E-state index in [0.29, 0.717) is 42.6 Å². The number of carbonyl (C=O) groups is 2. The van der Waals surface area contributed by atoms with Crippen molar-refractivity contribution in [2.45, 2.75) is 30.6 Å². The lowest BCUT2D eigenvalue weighted by atomic mass is 10.1. The molecule has 206 valence electrons. The van der Waals surface area contributed by atoms with Crippen molar-refractivity contribution in [3.8, 4) is 5.75 Å². The van der Waals surface area contributed by atoms with Gasteiger partial charge in [0.1, 0.15) is 12.4 Å². The van der Waals surface area contributed by atoms with Gasteiger partial charge in [-0.05, 0) is 30.7 Å². The molecule has 13 heteroatoms. The van der Waals surface area contributed by atoms with Gasteiger partial charge in [-0.25, -0.2) is 14.3 Å². The van der Waals surface area contributed by atoms with Crippen molar-refractivity contribution >= 4 is 34.8 Å². The Labute approximate surface area is 227 Å². The normalized spacial score (nSPS) is 24.8. The zero-order valence-corrected chi connectivity index (χ0v) is 22.8. The molecule has 2 saturated heterocycles. The van der Waals surface area contributed by atoms with Crippen LogP contribution in [0.3, 0.4) is 0 Å². The highest BCUT2D eigenvalue weighted by molar-refractivity contribution is 7.87. The molecule has 0 spiro atoms. The maximum Gasteiger partial charge on any atom is 0.340 e. The van der Waals surface area contributed by atoms with Gasteiger partial charge in [0, 0.05) is 55.7 Å². The molecule has 3 unspecified atom stereocenters. The first-order valence-electron chi connectivity index (χ1n) is 12.0. The predicted molar refractivity (Wildman–Crippen MR) is 141 cm³/mol. The standard InChI is InChI=1S/2C9H8O3.C7H15N3O2S2/c1-11-9-7-4-2-6(3-5-7)8(10)12-9;1-11-8-4-6-2-3-7(8)5-12-9(6)10;11-14(12)9-1-2-10(14)5-6-3-7(13)4-8-6/h2-5,9H,1H3;2-4H,5H2,1H3;6-9,13H,1-5H2. The van der Waals surface area contributed by atoms with Crippen LogP contribution in [0.25, 0.3) is 0 Å². The molecular formula is C25H31N3O8S2. The third kappa shape index (κ3) is 6.84. The van der Waals surface area contributed by atoms with Crippen LogP contribution in [0, 0.1) is 0 Å². The summed E-state index contributed by atoms with van der Waals surface area (Å²) < 4.78 is 46.7. The Morgan fingerprint density at radius 2 is 1.82 bits per heavy atom. The van der Waals surface area contributed by atoms with Crippen molar-refractivity contribution < 1.29 is 37.0 Å². The minimum absolute atomic E-state index is 0.257. The zero-order chi connectivity index (χ0) is 27.3. The molecule has 2 aromatic rings. The second kappa shape index (κ2) is 12.5.